The van der Waals surface area contributed by atoms with Crippen LogP contribution in [-0.2, 0) is 0 Å². The Labute approximate surface area is 68.3 Å². The molecule has 0 radical (unpaired) electrons. The Morgan fingerprint density at radius 3 is 2.90 bits per heavy atom. The fraction of sp³-hybridized carbons (Fsp3) is 0.778. The highest BCUT2D eigenvalue weighted by atomic mass is 35.5. The van der Waals surface area contributed by atoms with Crippen LogP contribution in [0.2, 0.25) is 0 Å². The summed E-state index contributed by atoms with van der Waals surface area (Å²) >= 11 is 5.79. The highest BCUT2D eigenvalue weighted by Crippen LogP contribution is 2.29. The molecule has 0 fully saturated rings. The minimum Gasteiger partial charge on any atom is -0.126 e. The van der Waals surface area contributed by atoms with E-state index in [1.54, 1.807) is 0 Å². The standard InChI is InChI=1S/C9H15Cl/c1-7-3-4-9(6-10)8(2)5-7/h3,8-9H,4-6H2,1-2H3/t8-,9+/m1/s1. The average Bonchev–Trinajstić information content (AvgIpc) is 1.88. The van der Waals surface area contributed by atoms with Crippen LogP contribution in [0.1, 0.15) is 26.7 Å². The third-order valence-electron chi connectivity index (χ3n) is 2.42. The minimum absolute atomic E-state index is 0.727. The van der Waals surface area contributed by atoms with Crippen molar-refractivity contribution in [2.45, 2.75) is 26.7 Å². The summed E-state index contributed by atoms with van der Waals surface area (Å²) in [7, 11) is 0. The first-order valence-electron chi connectivity index (χ1n) is 3.95. The van der Waals surface area contributed by atoms with Crippen molar-refractivity contribution < 1.29 is 0 Å². The van der Waals surface area contributed by atoms with Crippen LogP contribution in [0.25, 0.3) is 0 Å². The Bertz CT molecular complexity index is 138. The van der Waals surface area contributed by atoms with Crippen LogP contribution in [0.15, 0.2) is 11.6 Å². The quantitative estimate of drug-likeness (QED) is 0.406. The Balaban J connectivity index is 2.52. The zero-order chi connectivity index (χ0) is 7.56. The molecule has 1 rings (SSSR count). The van der Waals surface area contributed by atoms with Crippen molar-refractivity contribution >= 4 is 11.6 Å². The van der Waals surface area contributed by atoms with Crippen LogP contribution in [0.4, 0.5) is 0 Å². The van der Waals surface area contributed by atoms with E-state index in [1.165, 1.54) is 18.4 Å². The van der Waals surface area contributed by atoms with Crippen molar-refractivity contribution in [1.29, 1.82) is 0 Å². The maximum Gasteiger partial charge on any atom is 0.0257 e. The highest BCUT2D eigenvalue weighted by Gasteiger charge is 2.18. The van der Waals surface area contributed by atoms with Gasteiger partial charge in [-0.15, -0.1) is 11.6 Å². The van der Waals surface area contributed by atoms with Crippen molar-refractivity contribution in [2.24, 2.45) is 11.8 Å². The van der Waals surface area contributed by atoms with Gasteiger partial charge in [0.25, 0.3) is 0 Å². The summed E-state index contributed by atoms with van der Waals surface area (Å²) < 4.78 is 0. The van der Waals surface area contributed by atoms with Gasteiger partial charge in [0.15, 0.2) is 0 Å². The van der Waals surface area contributed by atoms with Crippen LogP contribution in [-0.4, -0.2) is 5.88 Å². The summed E-state index contributed by atoms with van der Waals surface area (Å²) in [5, 5.41) is 0. The van der Waals surface area contributed by atoms with Crippen molar-refractivity contribution in [2.75, 3.05) is 5.88 Å². The second-order valence-corrected chi connectivity index (χ2v) is 3.69. The lowest BCUT2D eigenvalue weighted by atomic mass is 9.82. The Kier molecular flexibility index (Phi) is 2.79. The molecule has 0 aromatic rings. The van der Waals surface area contributed by atoms with E-state index in [2.05, 4.69) is 19.9 Å². The van der Waals surface area contributed by atoms with Gasteiger partial charge in [0.2, 0.25) is 0 Å². The topological polar surface area (TPSA) is 0 Å². The van der Waals surface area contributed by atoms with Gasteiger partial charge in [-0.05, 0) is 31.6 Å². The van der Waals surface area contributed by atoms with Gasteiger partial charge in [-0.2, -0.15) is 0 Å². The lowest BCUT2D eigenvalue weighted by Crippen LogP contribution is -2.16. The molecule has 0 spiro atoms. The third kappa shape index (κ3) is 1.76. The van der Waals surface area contributed by atoms with E-state index in [-0.39, 0.29) is 0 Å². The zero-order valence-electron chi connectivity index (χ0n) is 6.73. The number of hydrogen-bond acceptors (Lipinski definition) is 0. The molecule has 0 aromatic carbocycles. The maximum atomic E-state index is 5.79. The number of halogens is 1. The first-order valence-corrected chi connectivity index (χ1v) is 4.49. The smallest absolute Gasteiger partial charge is 0.0257 e. The van der Waals surface area contributed by atoms with Crippen molar-refractivity contribution in [3.8, 4) is 0 Å². The summed E-state index contributed by atoms with van der Waals surface area (Å²) in [4.78, 5) is 0. The molecule has 0 bridgehead atoms. The average molecular weight is 159 g/mol. The molecule has 0 amide bonds. The molecule has 0 aliphatic heterocycles. The normalized spacial score (nSPS) is 33.7. The van der Waals surface area contributed by atoms with Crippen molar-refractivity contribution in [3.63, 3.8) is 0 Å². The highest BCUT2D eigenvalue weighted by molar-refractivity contribution is 6.18. The summed E-state index contributed by atoms with van der Waals surface area (Å²) in [5.41, 5.74) is 1.54. The molecular weight excluding hydrogens is 144 g/mol. The summed E-state index contributed by atoms with van der Waals surface area (Å²) in [6, 6.07) is 0. The Morgan fingerprint density at radius 2 is 2.40 bits per heavy atom. The molecule has 1 aliphatic carbocycles. The first kappa shape index (κ1) is 8.13. The van der Waals surface area contributed by atoms with Gasteiger partial charge in [0.05, 0.1) is 0 Å². The van der Waals surface area contributed by atoms with E-state index < -0.39 is 0 Å². The molecule has 0 unspecified atom stereocenters. The van der Waals surface area contributed by atoms with Gasteiger partial charge in [0, 0.05) is 5.88 Å². The summed E-state index contributed by atoms with van der Waals surface area (Å²) in [6.45, 7) is 4.50. The summed E-state index contributed by atoms with van der Waals surface area (Å²) in [5.74, 6) is 2.35. The van der Waals surface area contributed by atoms with Crippen LogP contribution in [0, 0.1) is 11.8 Å². The van der Waals surface area contributed by atoms with E-state index in [4.69, 9.17) is 11.6 Å². The van der Waals surface area contributed by atoms with Crippen LogP contribution in [0.3, 0.4) is 0 Å². The third-order valence-corrected chi connectivity index (χ3v) is 2.81. The van der Waals surface area contributed by atoms with Gasteiger partial charge >= 0.3 is 0 Å². The molecule has 0 nitrogen and oxygen atoms in total. The van der Waals surface area contributed by atoms with Gasteiger partial charge < -0.3 is 0 Å². The molecule has 10 heavy (non-hydrogen) atoms. The van der Waals surface area contributed by atoms with Gasteiger partial charge in [-0.25, -0.2) is 0 Å². The first-order chi connectivity index (χ1) is 4.74. The Hall–Kier alpha value is 0.0300. The van der Waals surface area contributed by atoms with E-state index in [0.717, 1.165) is 17.7 Å². The zero-order valence-corrected chi connectivity index (χ0v) is 7.49. The van der Waals surface area contributed by atoms with E-state index in [0.29, 0.717) is 0 Å². The number of rotatable bonds is 1. The minimum atomic E-state index is 0.727. The fourth-order valence-corrected chi connectivity index (χ4v) is 1.99. The molecule has 58 valence electrons. The molecular formula is C9H15Cl. The summed E-state index contributed by atoms with van der Waals surface area (Å²) in [6.07, 6.45) is 4.76. The second kappa shape index (κ2) is 3.43. The predicted octanol–water partition coefficient (Wildman–Crippen LogP) is 3.22. The van der Waals surface area contributed by atoms with E-state index >= 15 is 0 Å². The molecule has 2 atom stereocenters. The van der Waals surface area contributed by atoms with Crippen LogP contribution >= 0.6 is 11.6 Å². The maximum absolute atomic E-state index is 5.79. The second-order valence-electron chi connectivity index (χ2n) is 3.38. The van der Waals surface area contributed by atoms with Crippen LogP contribution < -0.4 is 0 Å². The lowest BCUT2D eigenvalue weighted by molar-refractivity contribution is 0.374. The molecule has 0 N–H and O–H groups in total. The molecule has 1 aliphatic rings. The van der Waals surface area contributed by atoms with E-state index in [9.17, 15) is 0 Å². The fourth-order valence-electron chi connectivity index (χ4n) is 1.56. The monoisotopic (exact) mass is 158 g/mol. The van der Waals surface area contributed by atoms with Crippen LogP contribution in [0.5, 0.6) is 0 Å². The molecule has 0 saturated heterocycles. The predicted molar refractivity (Wildman–Crippen MR) is 46.4 cm³/mol. The van der Waals surface area contributed by atoms with Crippen molar-refractivity contribution in [1.82, 2.24) is 0 Å². The van der Waals surface area contributed by atoms with E-state index in [1.807, 2.05) is 0 Å². The van der Waals surface area contributed by atoms with Gasteiger partial charge in [-0.3, -0.25) is 0 Å². The molecule has 0 aromatic heterocycles. The van der Waals surface area contributed by atoms with Gasteiger partial charge in [0.1, 0.15) is 0 Å². The number of alkyl halides is 1. The SMILES string of the molecule is CC1=CC[C@@H](CCl)[C@H](C)C1. The number of hydrogen-bond donors (Lipinski definition) is 0. The molecule has 1 heteroatoms. The molecule has 0 saturated carbocycles. The lowest BCUT2D eigenvalue weighted by Gasteiger charge is -2.25. The van der Waals surface area contributed by atoms with Crippen molar-refractivity contribution in [3.05, 3.63) is 11.6 Å². The Morgan fingerprint density at radius 1 is 1.70 bits per heavy atom. The molecule has 0 heterocycles. The largest absolute Gasteiger partial charge is 0.126 e. The van der Waals surface area contributed by atoms with Gasteiger partial charge in [-0.1, -0.05) is 18.6 Å². The number of allylic oxidation sites excluding steroid dienone is 2.